The van der Waals surface area contributed by atoms with Gasteiger partial charge in [0.25, 0.3) is 0 Å². The highest BCUT2D eigenvalue weighted by Crippen LogP contribution is 2.29. The molecule has 17 heavy (non-hydrogen) atoms. The lowest BCUT2D eigenvalue weighted by Crippen LogP contribution is -2.34. The first-order valence-corrected chi connectivity index (χ1v) is 7.32. The smallest absolute Gasteiger partial charge is 0.0956 e. The van der Waals surface area contributed by atoms with Crippen molar-refractivity contribution in [3.05, 3.63) is 16.1 Å². The largest absolute Gasteiger partial charge is 0.389 e. The number of aromatic nitrogens is 1. The highest BCUT2D eigenvalue weighted by atomic mass is 32.1. The first kappa shape index (κ1) is 14.7. The topological polar surface area (TPSA) is 33.1 Å². The van der Waals surface area contributed by atoms with E-state index in [4.69, 9.17) is 0 Å². The molecule has 1 N–H and O–H groups in total. The Morgan fingerprint density at radius 2 is 1.76 bits per heavy atom. The fourth-order valence-electron chi connectivity index (χ4n) is 2.51. The maximum Gasteiger partial charge on any atom is 0.0956 e. The number of aliphatic hydroxyl groups is 1. The first-order chi connectivity index (χ1) is 7.81. The molecule has 3 heteroatoms. The average molecular weight is 255 g/mol. The molecular weight excluding hydrogens is 230 g/mol. The van der Waals surface area contributed by atoms with Gasteiger partial charge in [0.15, 0.2) is 0 Å². The average Bonchev–Trinajstić information content (AvgIpc) is 2.46. The van der Waals surface area contributed by atoms with E-state index in [9.17, 15) is 5.11 Å². The summed E-state index contributed by atoms with van der Waals surface area (Å²) in [5.74, 6) is 1.03. The van der Waals surface area contributed by atoms with Crippen LogP contribution in [0, 0.1) is 18.8 Å². The molecule has 0 saturated heterocycles. The highest BCUT2D eigenvalue weighted by Gasteiger charge is 2.30. The third kappa shape index (κ3) is 5.17. The van der Waals surface area contributed by atoms with Crippen LogP contribution in [0.2, 0.25) is 0 Å². The molecule has 0 spiro atoms. The standard InChI is InChI=1S/C14H25NOS/c1-10(2)6-14(16,7-11(3)4)8-13-15-12(5)9-17-13/h9-11,16H,6-8H2,1-5H3. The van der Waals surface area contributed by atoms with Gasteiger partial charge in [-0.05, 0) is 31.6 Å². The van der Waals surface area contributed by atoms with Crippen LogP contribution in [0.5, 0.6) is 0 Å². The van der Waals surface area contributed by atoms with Crippen LogP contribution in [0.1, 0.15) is 51.2 Å². The summed E-state index contributed by atoms with van der Waals surface area (Å²) >= 11 is 1.66. The van der Waals surface area contributed by atoms with E-state index in [2.05, 4.69) is 38.1 Å². The molecule has 2 nitrogen and oxygen atoms in total. The summed E-state index contributed by atoms with van der Waals surface area (Å²) < 4.78 is 0. The summed E-state index contributed by atoms with van der Waals surface area (Å²) in [6.07, 6.45) is 2.40. The molecule has 0 saturated carbocycles. The Hall–Kier alpha value is -0.410. The van der Waals surface area contributed by atoms with E-state index < -0.39 is 5.60 Å². The van der Waals surface area contributed by atoms with Crippen LogP contribution >= 0.6 is 11.3 Å². The molecule has 0 fully saturated rings. The molecule has 0 amide bonds. The molecule has 98 valence electrons. The molecule has 1 aromatic heterocycles. The number of hydrogen-bond acceptors (Lipinski definition) is 3. The summed E-state index contributed by atoms with van der Waals surface area (Å²) in [6.45, 7) is 10.7. The number of nitrogens with zero attached hydrogens (tertiary/aromatic N) is 1. The fraction of sp³-hybridized carbons (Fsp3) is 0.786. The molecule has 0 bridgehead atoms. The Morgan fingerprint density at radius 3 is 2.12 bits per heavy atom. The lowest BCUT2D eigenvalue weighted by Gasteiger charge is -2.31. The normalized spacial score (nSPS) is 12.7. The van der Waals surface area contributed by atoms with Crippen LogP contribution in [0.25, 0.3) is 0 Å². The molecule has 0 radical (unpaired) electrons. The Labute approximate surface area is 109 Å². The molecule has 0 atom stereocenters. The van der Waals surface area contributed by atoms with Crippen molar-refractivity contribution in [2.24, 2.45) is 11.8 Å². The van der Waals surface area contributed by atoms with Crippen molar-refractivity contribution >= 4 is 11.3 Å². The summed E-state index contributed by atoms with van der Waals surface area (Å²) in [5, 5.41) is 13.9. The van der Waals surface area contributed by atoms with Crippen molar-refractivity contribution in [2.45, 2.75) is 59.5 Å². The molecule has 0 aliphatic heterocycles. The summed E-state index contributed by atoms with van der Waals surface area (Å²) in [4.78, 5) is 4.47. The molecule has 1 heterocycles. The Bertz CT molecular complexity index is 334. The Balaban J connectivity index is 2.75. The predicted molar refractivity (Wildman–Crippen MR) is 74.4 cm³/mol. The molecule has 0 aliphatic rings. The Kier molecular flexibility index (Phi) is 5.14. The predicted octanol–water partition coefficient (Wildman–Crippen LogP) is 3.82. The van der Waals surface area contributed by atoms with Crippen LogP contribution < -0.4 is 0 Å². The van der Waals surface area contributed by atoms with Gasteiger partial charge in [-0.1, -0.05) is 27.7 Å². The van der Waals surface area contributed by atoms with Crippen LogP contribution in [0.3, 0.4) is 0 Å². The summed E-state index contributed by atoms with van der Waals surface area (Å²) in [6, 6.07) is 0. The van der Waals surface area contributed by atoms with E-state index in [0.29, 0.717) is 18.3 Å². The van der Waals surface area contributed by atoms with Gasteiger partial charge < -0.3 is 5.11 Å². The second-order valence-electron chi connectivity index (χ2n) is 5.98. The second kappa shape index (κ2) is 5.96. The molecule has 0 unspecified atom stereocenters. The monoisotopic (exact) mass is 255 g/mol. The fourth-order valence-corrected chi connectivity index (χ4v) is 3.42. The summed E-state index contributed by atoms with van der Waals surface area (Å²) in [5.41, 5.74) is 0.466. The molecule has 1 rings (SSSR count). The van der Waals surface area contributed by atoms with E-state index in [0.717, 1.165) is 23.5 Å². The van der Waals surface area contributed by atoms with Crippen LogP contribution in [-0.2, 0) is 6.42 Å². The minimum Gasteiger partial charge on any atom is -0.389 e. The maximum atomic E-state index is 10.8. The van der Waals surface area contributed by atoms with Crippen molar-refractivity contribution in [2.75, 3.05) is 0 Å². The zero-order valence-electron chi connectivity index (χ0n) is 11.7. The molecular formula is C14H25NOS. The zero-order chi connectivity index (χ0) is 13.1. The van der Waals surface area contributed by atoms with Crippen LogP contribution in [0.4, 0.5) is 0 Å². The Morgan fingerprint density at radius 1 is 1.24 bits per heavy atom. The summed E-state index contributed by atoms with van der Waals surface area (Å²) in [7, 11) is 0. The second-order valence-corrected chi connectivity index (χ2v) is 6.92. The van der Waals surface area contributed by atoms with E-state index in [1.165, 1.54) is 0 Å². The van der Waals surface area contributed by atoms with Gasteiger partial charge in [0.1, 0.15) is 0 Å². The van der Waals surface area contributed by atoms with E-state index >= 15 is 0 Å². The highest BCUT2D eigenvalue weighted by molar-refractivity contribution is 7.09. The van der Waals surface area contributed by atoms with Gasteiger partial charge >= 0.3 is 0 Å². The van der Waals surface area contributed by atoms with Crippen molar-refractivity contribution in [1.29, 1.82) is 0 Å². The number of aryl methyl sites for hydroxylation is 1. The quantitative estimate of drug-likeness (QED) is 0.838. The first-order valence-electron chi connectivity index (χ1n) is 6.44. The molecule has 0 aliphatic carbocycles. The van der Waals surface area contributed by atoms with Gasteiger partial charge in [-0.15, -0.1) is 11.3 Å². The van der Waals surface area contributed by atoms with E-state index in [-0.39, 0.29) is 0 Å². The van der Waals surface area contributed by atoms with Gasteiger partial charge in [0.2, 0.25) is 0 Å². The van der Waals surface area contributed by atoms with Gasteiger partial charge in [0, 0.05) is 17.5 Å². The number of rotatable bonds is 6. The van der Waals surface area contributed by atoms with Gasteiger partial charge in [-0.25, -0.2) is 4.98 Å². The van der Waals surface area contributed by atoms with Gasteiger partial charge in [-0.3, -0.25) is 0 Å². The molecule has 1 aromatic rings. The number of hydrogen-bond donors (Lipinski definition) is 1. The van der Waals surface area contributed by atoms with Crippen molar-refractivity contribution in [3.63, 3.8) is 0 Å². The number of thiazole rings is 1. The van der Waals surface area contributed by atoms with E-state index in [1.807, 2.05) is 6.92 Å². The minimum absolute atomic E-state index is 0.514. The lowest BCUT2D eigenvalue weighted by molar-refractivity contribution is 0.000700. The zero-order valence-corrected chi connectivity index (χ0v) is 12.5. The third-order valence-electron chi connectivity index (χ3n) is 2.72. The maximum absolute atomic E-state index is 10.8. The third-order valence-corrected chi connectivity index (χ3v) is 3.69. The molecule has 0 aromatic carbocycles. The van der Waals surface area contributed by atoms with Gasteiger partial charge in [0.05, 0.1) is 10.6 Å². The van der Waals surface area contributed by atoms with Crippen LogP contribution in [-0.4, -0.2) is 15.7 Å². The van der Waals surface area contributed by atoms with Crippen molar-refractivity contribution in [1.82, 2.24) is 4.98 Å². The minimum atomic E-state index is -0.591. The SMILES string of the molecule is Cc1csc(CC(O)(CC(C)C)CC(C)C)n1. The van der Waals surface area contributed by atoms with E-state index in [1.54, 1.807) is 11.3 Å². The van der Waals surface area contributed by atoms with Crippen molar-refractivity contribution in [3.8, 4) is 0 Å². The van der Waals surface area contributed by atoms with Crippen LogP contribution in [0.15, 0.2) is 5.38 Å². The van der Waals surface area contributed by atoms with Gasteiger partial charge in [-0.2, -0.15) is 0 Å². The van der Waals surface area contributed by atoms with Crippen molar-refractivity contribution < 1.29 is 5.11 Å². The lowest BCUT2D eigenvalue weighted by atomic mass is 9.83.